The van der Waals surface area contributed by atoms with Gasteiger partial charge < -0.3 is 18.6 Å². The molecule has 0 amide bonds. The highest BCUT2D eigenvalue weighted by atomic mass is 19.4. The average Bonchev–Trinajstić information content (AvgIpc) is 2.47. The molecule has 0 bridgehead atoms. The van der Waals surface area contributed by atoms with Crippen LogP contribution in [0.15, 0.2) is 0 Å². The van der Waals surface area contributed by atoms with E-state index >= 15 is 0 Å². The van der Waals surface area contributed by atoms with Crippen molar-refractivity contribution in [2.45, 2.75) is 50.4 Å². The summed E-state index contributed by atoms with van der Waals surface area (Å²) in [6, 6.07) is 0. The monoisotopic (exact) mass is 474 g/mol. The fraction of sp³-hybridized carbons (Fsp3) is 1.00. The number of hydrogen-bond acceptors (Lipinski definition) is 4. The van der Waals surface area contributed by atoms with Crippen molar-refractivity contribution in [3.63, 3.8) is 0 Å². The molecule has 0 saturated heterocycles. The molecule has 0 aliphatic carbocycles. The molecule has 0 atom stereocenters. The van der Waals surface area contributed by atoms with Gasteiger partial charge in [0.2, 0.25) is 0 Å². The first-order chi connectivity index (χ1) is 13.4. The Bertz CT molecular complexity index is 384. The molecule has 0 saturated carbocycles. The Morgan fingerprint density at radius 3 is 0.667 bits per heavy atom. The quantitative estimate of drug-likeness (QED) is 0.281. The Morgan fingerprint density at radius 2 is 0.533 bits per heavy atom. The van der Waals surface area contributed by atoms with E-state index in [4.69, 9.17) is 0 Å². The highest BCUT2D eigenvalue weighted by Crippen LogP contribution is 2.23. The maximum Gasteiger partial charge on any atom is 0.487 e. The molecule has 0 aromatic carbocycles. The van der Waals surface area contributed by atoms with Crippen LogP contribution < -0.4 is 0 Å². The summed E-state index contributed by atoms with van der Waals surface area (Å²) in [6.07, 6.45) is -25.5. The molecule has 178 valence electrons. The highest BCUT2D eigenvalue weighted by Gasteiger charge is 2.43. The Labute approximate surface area is 163 Å². The van der Waals surface area contributed by atoms with Crippen molar-refractivity contribution < 1.29 is 71.3 Å². The van der Waals surface area contributed by atoms with Gasteiger partial charge in [-0.2, -0.15) is 52.7 Å². The third-order valence-electron chi connectivity index (χ3n) is 2.89. The fourth-order valence-corrected chi connectivity index (χ4v) is 1.57. The van der Waals surface area contributed by atoms with Crippen LogP contribution in [-0.4, -0.2) is 65.2 Å². The topological polar surface area (TPSA) is 36.9 Å². The predicted octanol–water partition coefficient (Wildman–Crippen LogP) is 4.92. The third-order valence-corrected chi connectivity index (χ3v) is 2.89. The van der Waals surface area contributed by atoms with E-state index in [1.165, 1.54) is 0 Å². The molecule has 18 heteroatoms. The van der Waals surface area contributed by atoms with E-state index in [0.717, 1.165) is 0 Å². The van der Waals surface area contributed by atoms with Crippen LogP contribution in [-0.2, 0) is 18.6 Å². The van der Waals surface area contributed by atoms with E-state index in [1.54, 1.807) is 0 Å². The Balaban J connectivity index is 5.11. The summed E-state index contributed by atoms with van der Waals surface area (Å²) in [5, 5.41) is 0. The van der Waals surface area contributed by atoms with E-state index < -0.39 is 90.8 Å². The number of alkyl halides is 12. The molecule has 0 aromatic rings. The second-order valence-corrected chi connectivity index (χ2v) is 5.68. The van der Waals surface area contributed by atoms with Gasteiger partial charge in [0.05, 0.1) is 25.7 Å². The third kappa shape index (κ3) is 19.1. The minimum atomic E-state index is -4.76. The molecule has 4 nitrogen and oxygen atoms in total. The fourth-order valence-electron chi connectivity index (χ4n) is 1.57. The van der Waals surface area contributed by atoms with Gasteiger partial charge in [0, 0.05) is 26.4 Å². The van der Waals surface area contributed by atoms with Gasteiger partial charge in [0.1, 0.15) is 0 Å². The molecule has 0 aliphatic heterocycles. The van der Waals surface area contributed by atoms with Crippen LogP contribution in [0.25, 0.3) is 0 Å². The summed E-state index contributed by atoms with van der Waals surface area (Å²) in [7, 11) is -4.48. The lowest BCUT2D eigenvalue weighted by atomic mass is 9.48. The molecule has 0 spiro atoms. The van der Waals surface area contributed by atoms with E-state index in [1.807, 2.05) is 0 Å². The smallest absolute Gasteiger partial charge is 0.413 e. The van der Waals surface area contributed by atoms with E-state index in [-0.39, 0.29) is 0 Å². The van der Waals surface area contributed by atoms with Crippen molar-refractivity contribution >= 4 is 14.0 Å². The lowest BCUT2D eigenvalue weighted by molar-refractivity contribution is -0.146. The van der Waals surface area contributed by atoms with E-state index in [0.29, 0.717) is 0 Å². The van der Waals surface area contributed by atoms with Gasteiger partial charge in [-0.05, 0) is 0 Å². The summed E-state index contributed by atoms with van der Waals surface area (Å²) >= 11 is 0. The molecule has 0 N–H and O–H groups in total. The largest absolute Gasteiger partial charge is 0.487 e. The Hall–Kier alpha value is -0.870. The van der Waals surface area contributed by atoms with Gasteiger partial charge in [0.15, 0.2) is 0 Å². The molecular weight excluding hydrogens is 458 g/mol. The van der Waals surface area contributed by atoms with Crippen molar-refractivity contribution in [1.29, 1.82) is 0 Å². The molecule has 0 aromatic heterocycles. The lowest BCUT2D eigenvalue weighted by Gasteiger charge is -2.22. The van der Waals surface area contributed by atoms with Crippen LogP contribution in [0.3, 0.4) is 0 Å². The normalized spacial score (nSPS) is 13.6. The maximum atomic E-state index is 12.2. The first-order valence-corrected chi connectivity index (χ1v) is 8.11. The summed E-state index contributed by atoms with van der Waals surface area (Å²) in [4.78, 5) is 0. The Kier molecular flexibility index (Phi) is 11.9. The molecule has 0 radical (unpaired) electrons. The molecule has 0 fully saturated rings. The second-order valence-electron chi connectivity index (χ2n) is 5.68. The number of hydrogen-bond donors (Lipinski definition) is 0. The van der Waals surface area contributed by atoms with Gasteiger partial charge >= 0.3 is 38.7 Å². The Morgan fingerprint density at radius 1 is 0.367 bits per heavy atom. The van der Waals surface area contributed by atoms with Crippen molar-refractivity contribution in [3.8, 4) is 0 Å². The lowest BCUT2D eigenvalue weighted by Crippen LogP contribution is -2.47. The predicted molar refractivity (Wildman–Crippen MR) is 78.0 cm³/mol. The summed E-state index contributed by atoms with van der Waals surface area (Å²) in [5.74, 6) is 0. The summed E-state index contributed by atoms with van der Waals surface area (Å²) < 4.78 is 165. The van der Waals surface area contributed by atoms with Crippen molar-refractivity contribution in [3.05, 3.63) is 0 Å². The van der Waals surface area contributed by atoms with Crippen LogP contribution >= 0.6 is 0 Å². The number of rotatable bonds is 13. The zero-order valence-electron chi connectivity index (χ0n) is 15.0. The minimum Gasteiger partial charge on any atom is -0.413 e. The van der Waals surface area contributed by atoms with Crippen molar-refractivity contribution in [2.75, 3.05) is 26.4 Å². The highest BCUT2D eigenvalue weighted by molar-refractivity contribution is 7.10. The first-order valence-electron chi connectivity index (χ1n) is 8.11. The molecule has 30 heavy (non-hydrogen) atoms. The number of halogens is 12. The SMILES string of the molecule is FC(F)(F)CCOB(OCCC(F)(F)F)B(OCCC(F)(F)F)OCCC(F)(F)F. The zero-order valence-corrected chi connectivity index (χ0v) is 15.0. The van der Waals surface area contributed by atoms with E-state index in [2.05, 4.69) is 18.6 Å². The second kappa shape index (κ2) is 12.2. The molecular formula is C12H16B2F12O4. The zero-order chi connectivity index (χ0) is 23.6. The summed E-state index contributed by atoms with van der Waals surface area (Å²) in [5.41, 5.74) is 0. The van der Waals surface area contributed by atoms with E-state index in [9.17, 15) is 52.7 Å². The minimum absolute atomic E-state index is 1.22. The first kappa shape index (κ1) is 29.1. The van der Waals surface area contributed by atoms with Gasteiger partial charge in [-0.25, -0.2) is 0 Å². The van der Waals surface area contributed by atoms with Gasteiger partial charge in [0.25, 0.3) is 0 Å². The van der Waals surface area contributed by atoms with Crippen molar-refractivity contribution in [1.82, 2.24) is 0 Å². The van der Waals surface area contributed by atoms with Crippen LogP contribution in [0.5, 0.6) is 0 Å². The van der Waals surface area contributed by atoms with Gasteiger partial charge in [-0.1, -0.05) is 0 Å². The van der Waals surface area contributed by atoms with Crippen LogP contribution in [0.4, 0.5) is 52.7 Å². The molecule has 0 aliphatic rings. The van der Waals surface area contributed by atoms with Gasteiger partial charge in [-0.15, -0.1) is 0 Å². The average molecular weight is 474 g/mol. The van der Waals surface area contributed by atoms with Crippen LogP contribution in [0.2, 0.25) is 0 Å². The maximum absolute atomic E-state index is 12.2. The van der Waals surface area contributed by atoms with Crippen LogP contribution in [0, 0.1) is 0 Å². The van der Waals surface area contributed by atoms with Crippen LogP contribution in [0.1, 0.15) is 25.7 Å². The molecule has 0 unspecified atom stereocenters. The standard InChI is InChI=1S/C12H16B2F12O4/c15-9(16,17)1-5-27-13(28-6-2-10(18,19)20)14(29-7-3-11(21,22)23)30-8-4-12(24,25)26/h1-8H2. The molecule has 0 rings (SSSR count). The van der Waals surface area contributed by atoms with Gasteiger partial charge in [-0.3, -0.25) is 0 Å². The summed E-state index contributed by atoms with van der Waals surface area (Å²) in [6.45, 7) is -4.88. The molecule has 0 heterocycles. The van der Waals surface area contributed by atoms with Crippen molar-refractivity contribution in [2.24, 2.45) is 0 Å².